The fourth-order valence-corrected chi connectivity index (χ4v) is 3.78. The molecule has 2 atom stereocenters. The van der Waals surface area contributed by atoms with E-state index in [-0.39, 0.29) is 11.6 Å². The lowest BCUT2D eigenvalue weighted by Gasteiger charge is -2.48. The highest BCUT2D eigenvalue weighted by atomic mass is 35.5. The Morgan fingerprint density at radius 3 is 2.50 bits per heavy atom. The van der Waals surface area contributed by atoms with Crippen LogP contribution < -0.4 is 5.32 Å². The number of likely N-dealkylation sites (N-methyl/N-ethyl adjacent to an activating group) is 1. The van der Waals surface area contributed by atoms with Crippen LogP contribution in [0.5, 0.6) is 0 Å². The van der Waals surface area contributed by atoms with Gasteiger partial charge < -0.3 is 5.32 Å². The fourth-order valence-electron chi connectivity index (χ4n) is 3.50. The Labute approximate surface area is 127 Å². The van der Waals surface area contributed by atoms with Crippen molar-refractivity contribution in [1.29, 1.82) is 0 Å². The SMILES string of the molecule is CCC(C)(C(NC)c1c(Cl)cnn1C)N1CCCCC1. The zero-order chi connectivity index (χ0) is 14.8. The molecule has 2 heterocycles. The summed E-state index contributed by atoms with van der Waals surface area (Å²) in [5.41, 5.74) is 1.15. The van der Waals surface area contributed by atoms with E-state index >= 15 is 0 Å². The largest absolute Gasteiger partial charge is 0.310 e. The summed E-state index contributed by atoms with van der Waals surface area (Å²) < 4.78 is 1.90. The van der Waals surface area contributed by atoms with Crippen molar-refractivity contribution in [2.24, 2.45) is 7.05 Å². The Hall–Kier alpha value is -0.580. The van der Waals surface area contributed by atoms with E-state index in [0.29, 0.717) is 0 Å². The van der Waals surface area contributed by atoms with Crippen molar-refractivity contribution in [2.75, 3.05) is 20.1 Å². The molecule has 1 aliphatic heterocycles. The molecule has 2 unspecified atom stereocenters. The van der Waals surface area contributed by atoms with Gasteiger partial charge in [0.2, 0.25) is 0 Å². The number of likely N-dealkylation sites (tertiary alicyclic amines) is 1. The van der Waals surface area contributed by atoms with Gasteiger partial charge >= 0.3 is 0 Å². The van der Waals surface area contributed by atoms with Crippen LogP contribution in [0.25, 0.3) is 0 Å². The number of hydrogen-bond acceptors (Lipinski definition) is 3. The molecule has 0 saturated carbocycles. The van der Waals surface area contributed by atoms with Crippen molar-refractivity contribution in [2.45, 2.75) is 51.1 Å². The van der Waals surface area contributed by atoms with Crippen LogP contribution in [-0.4, -0.2) is 40.4 Å². The molecular weight excluding hydrogens is 272 g/mol. The van der Waals surface area contributed by atoms with Crippen LogP contribution in [0, 0.1) is 0 Å². The maximum Gasteiger partial charge on any atom is 0.0834 e. The summed E-state index contributed by atoms with van der Waals surface area (Å²) in [5, 5.41) is 8.55. The fraction of sp³-hybridized carbons (Fsp3) is 0.800. The Morgan fingerprint density at radius 2 is 2.05 bits per heavy atom. The van der Waals surface area contributed by atoms with Gasteiger partial charge in [-0.2, -0.15) is 5.10 Å². The molecule has 20 heavy (non-hydrogen) atoms. The number of rotatable bonds is 5. The van der Waals surface area contributed by atoms with E-state index < -0.39 is 0 Å². The number of hydrogen-bond donors (Lipinski definition) is 1. The Kier molecular flexibility index (Phi) is 5.10. The predicted octanol–water partition coefficient (Wildman–Crippen LogP) is 2.99. The van der Waals surface area contributed by atoms with E-state index in [4.69, 9.17) is 11.6 Å². The van der Waals surface area contributed by atoms with E-state index in [0.717, 1.165) is 17.1 Å². The normalized spacial score (nSPS) is 21.6. The number of nitrogens with zero attached hydrogens (tertiary/aromatic N) is 3. The summed E-state index contributed by atoms with van der Waals surface area (Å²) in [4.78, 5) is 2.63. The average molecular weight is 299 g/mol. The molecule has 2 rings (SSSR count). The number of halogens is 1. The second kappa shape index (κ2) is 6.46. The van der Waals surface area contributed by atoms with Gasteiger partial charge in [0.15, 0.2) is 0 Å². The highest BCUT2D eigenvalue weighted by molar-refractivity contribution is 6.31. The monoisotopic (exact) mass is 298 g/mol. The third-order valence-electron chi connectivity index (χ3n) is 4.92. The molecule has 1 saturated heterocycles. The topological polar surface area (TPSA) is 33.1 Å². The van der Waals surface area contributed by atoms with Crippen molar-refractivity contribution in [3.05, 3.63) is 16.9 Å². The average Bonchev–Trinajstić information content (AvgIpc) is 2.81. The molecule has 1 aromatic rings. The van der Waals surface area contributed by atoms with Gasteiger partial charge in [-0.3, -0.25) is 9.58 Å². The lowest BCUT2D eigenvalue weighted by molar-refractivity contribution is 0.0424. The van der Waals surface area contributed by atoms with E-state index in [1.54, 1.807) is 6.20 Å². The molecule has 1 fully saturated rings. The van der Waals surface area contributed by atoms with Gasteiger partial charge in [-0.1, -0.05) is 24.9 Å². The van der Waals surface area contributed by atoms with Crippen molar-refractivity contribution >= 4 is 11.6 Å². The number of aromatic nitrogens is 2. The van der Waals surface area contributed by atoms with Gasteiger partial charge in [-0.05, 0) is 46.3 Å². The molecule has 1 aliphatic rings. The lowest BCUT2D eigenvalue weighted by atomic mass is 9.83. The van der Waals surface area contributed by atoms with Crippen molar-refractivity contribution in [3.8, 4) is 0 Å². The molecule has 1 aromatic heterocycles. The maximum absolute atomic E-state index is 6.38. The Balaban J connectivity index is 2.36. The first-order chi connectivity index (χ1) is 9.54. The van der Waals surface area contributed by atoms with E-state index in [1.807, 2.05) is 18.8 Å². The van der Waals surface area contributed by atoms with Crippen LogP contribution in [0.1, 0.15) is 51.3 Å². The summed E-state index contributed by atoms with van der Waals surface area (Å²) in [6.45, 7) is 6.97. The van der Waals surface area contributed by atoms with Crippen LogP contribution in [-0.2, 0) is 7.05 Å². The van der Waals surface area contributed by atoms with Crippen molar-refractivity contribution in [1.82, 2.24) is 20.0 Å². The van der Waals surface area contributed by atoms with Crippen molar-refractivity contribution < 1.29 is 0 Å². The molecule has 0 aliphatic carbocycles. The minimum atomic E-state index is 0.0621. The lowest BCUT2D eigenvalue weighted by Crippen LogP contribution is -2.55. The second-order valence-electron chi connectivity index (χ2n) is 5.98. The zero-order valence-corrected chi connectivity index (χ0v) is 13.9. The van der Waals surface area contributed by atoms with Crippen molar-refractivity contribution in [3.63, 3.8) is 0 Å². The van der Waals surface area contributed by atoms with E-state index in [1.165, 1.54) is 32.4 Å². The maximum atomic E-state index is 6.38. The van der Waals surface area contributed by atoms with Crippen LogP contribution in [0.3, 0.4) is 0 Å². The summed E-state index contributed by atoms with van der Waals surface area (Å²) in [6.07, 6.45) is 6.77. The molecule has 5 heteroatoms. The van der Waals surface area contributed by atoms with Gasteiger partial charge in [-0.25, -0.2) is 0 Å². The van der Waals surface area contributed by atoms with Gasteiger partial charge in [0.25, 0.3) is 0 Å². The predicted molar refractivity (Wildman–Crippen MR) is 84.1 cm³/mol. The smallest absolute Gasteiger partial charge is 0.0834 e. The van der Waals surface area contributed by atoms with Gasteiger partial charge in [0, 0.05) is 12.6 Å². The number of aryl methyl sites for hydroxylation is 1. The minimum absolute atomic E-state index is 0.0621. The summed E-state index contributed by atoms with van der Waals surface area (Å²) in [5.74, 6) is 0. The summed E-state index contributed by atoms with van der Waals surface area (Å²) >= 11 is 6.38. The molecule has 4 nitrogen and oxygen atoms in total. The molecule has 0 spiro atoms. The van der Waals surface area contributed by atoms with Crippen LogP contribution in [0.2, 0.25) is 5.02 Å². The first-order valence-electron chi connectivity index (χ1n) is 7.64. The molecule has 1 N–H and O–H groups in total. The van der Waals surface area contributed by atoms with Crippen LogP contribution in [0.15, 0.2) is 6.20 Å². The standard InChI is InChI=1S/C15H27ClN4/c1-5-15(2,20-9-7-6-8-10-20)14(17-3)13-12(16)11-18-19(13)4/h11,14,17H,5-10H2,1-4H3. The van der Waals surface area contributed by atoms with Gasteiger partial charge in [-0.15, -0.1) is 0 Å². The summed E-state index contributed by atoms with van der Waals surface area (Å²) in [7, 11) is 3.99. The first-order valence-corrected chi connectivity index (χ1v) is 8.02. The minimum Gasteiger partial charge on any atom is -0.310 e. The Bertz CT molecular complexity index is 420. The van der Waals surface area contributed by atoms with Crippen LogP contribution >= 0.6 is 11.6 Å². The van der Waals surface area contributed by atoms with Crippen LogP contribution in [0.4, 0.5) is 0 Å². The highest BCUT2D eigenvalue weighted by Crippen LogP contribution is 2.38. The highest BCUT2D eigenvalue weighted by Gasteiger charge is 2.41. The Morgan fingerprint density at radius 1 is 1.40 bits per heavy atom. The summed E-state index contributed by atoms with van der Waals surface area (Å²) in [6, 6.07) is 0.186. The molecular formula is C15H27ClN4. The molecule has 114 valence electrons. The molecule has 0 amide bonds. The van der Waals surface area contributed by atoms with Gasteiger partial charge in [0.1, 0.15) is 0 Å². The van der Waals surface area contributed by atoms with E-state index in [2.05, 4.69) is 29.2 Å². The third kappa shape index (κ3) is 2.74. The molecule has 0 aromatic carbocycles. The third-order valence-corrected chi connectivity index (χ3v) is 5.21. The quantitative estimate of drug-likeness (QED) is 0.907. The molecule has 0 bridgehead atoms. The number of nitrogens with one attached hydrogen (secondary N) is 1. The second-order valence-corrected chi connectivity index (χ2v) is 6.39. The number of piperidine rings is 1. The zero-order valence-electron chi connectivity index (χ0n) is 13.1. The first kappa shape index (κ1) is 15.8. The van der Waals surface area contributed by atoms with Gasteiger partial charge in [0.05, 0.1) is 23.0 Å². The molecule has 0 radical (unpaired) electrons. The van der Waals surface area contributed by atoms with E-state index in [9.17, 15) is 0 Å².